The number of ether oxygens (including phenoxy) is 2. The maximum atomic E-state index is 9.39. The molecule has 1 unspecified atom stereocenters. The van der Waals surface area contributed by atoms with Crippen molar-refractivity contribution in [2.24, 2.45) is 0 Å². The molecule has 0 aliphatic heterocycles. The lowest BCUT2D eigenvalue weighted by Gasteiger charge is -2.15. The van der Waals surface area contributed by atoms with Gasteiger partial charge in [-0.15, -0.1) is 0 Å². The Hall–Kier alpha value is -1.26. The van der Waals surface area contributed by atoms with E-state index >= 15 is 0 Å². The predicted molar refractivity (Wildman–Crippen MR) is 107 cm³/mol. The maximum absolute atomic E-state index is 9.39. The Bertz CT molecular complexity index is 461. The van der Waals surface area contributed by atoms with Crippen LogP contribution < -0.4 is 9.47 Å². The fraction of sp³-hybridized carbons (Fsp3) is 0.727. The van der Waals surface area contributed by atoms with Crippen LogP contribution in [0.5, 0.6) is 11.5 Å². The van der Waals surface area contributed by atoms with E-state index < -0.39 is 6.10 Å². The third kappa shape index (κ3) is 10.0. The van der Waals surface area contributed by atoms with Crippen LogP contribution in [-0.4, -0.2) is 36.1 Å². The lowest BCUT2D eigenvalue weighted by molar-refractivity contribution is 0.0533. The molecular formula is C22H38O4. The minimum absolute atomic E-state index is 0.0826. The Morgan fingerprint density at radius 1 is 0.846 bits per heavy atom. The first kappa shape index (κ1) is 22.8. The van der Waals surface area contributed by atoms with Crippen molar-refractivity contribution in [3.63, 3.8) is 0 Å². The van der Waals surface area contributed by atoms with Crippen LogP contribution in [0.25, 0.3) is 0 Å². The highest BCUT2D eigenvalue weighted by Crippen LogP contribution is 2.27. The minimum atomic E-state index is -0.856. The molecule has 0 saturated carbocycles. The van der Waals surface area contributed by atoms with Gasteiger partial charge in [0.2, 0.25) is 0 Å². The third-order valence-electron chi connectivity index (χ3n) is 4.63. The molecule has 0 saturated heterocycles. The van der Waals surface area contributed by atoms with Crippen molar-refractivity contribution in [2.45, 2.75) is 84.2 Å². The van der Waals surface area contributed by atoms with Crippen molar-refractivity contribution in [3.05, 3.63) is 23.8 Å². The molecule has 0 aliphatic carbocycles. The number of aliphatic hydroxyl groups excluding tert-OH is 2. The van der Waals surface area contributed by atoms with E-state index in [1.807, 2.05) is 25.1 Å². The SMILES string of the molecule is CCCCCCCCCCCCOc1cccc(OCC(O)CO)c1C. The first-order valence-electron chi connectivity index (χ1n) is 10.3. The molecule has 4 nitrogen and oxygen atoms in total. The maximum Gasteiger partial charge on any atom is 0.126 e. The van der Waals surface area contributed by atoms with Gasteiger partial charge in [0.1, 0.15) is 24.2 Å². The summed E-state index contributed by atoms with van der Waals surface area (Å²) >= 11 is 0. The topological polar surface area (TPSA) is 58.9 Å². The van der Waals surface area contributed by atoms with Crippen LogP contribution in [-0.2, 0) is 0 Å². The largest absolute Gasteiger partial charge is 0.493 e. The van der Waals surface area contributed by atoms with E-state index in [0.717, 1.165) is 24.3 Å². The van der Waals surface area contributed by atoms with Crippen LogP contribution in [0.2, 0.25) is 0 Å². The van der Waals surface area contributed by atoms with Gasteiger partial charge in [-0.05, 0) is 25.5 Å². The van der Waals surface area contributed by atoms with Crippen molar-refractivity contribution >= 4 is 0 Å². The molecule has 0 radical (unpaired) electrons. The summed E-state index contributed by atoms with van der Waals surface area (Å²) in [4.78, 5) is 0. The molecule has 0 bridgehead atoms. The van der Waals surface area contributed by atoms with E-state index in [1.165, 1.54) is 57.8 Å². The Morgan fingerprint density at radius 3 is 1.96 bits per heavy atom. The smallest absolute Gasteiger partial charge is 0.126 e. The molecule has 1 atom stereocenters. The molecule has 0 heterocycles. The third-order valence-corrected chi connectivity index (χ3v) is 4.63. The van der Waals surface area contributed by atoms with Gasteiger partial charge < -0.3 is 19.7 Å². The molecule has 2 N–H and O–H groups in total. The number of rotatable bonds is 16. The molecule has 0 amide bonds. The van der Waals surface area contributed by atoms with E-state index in [2.05, 4.69) is 6.92 Å². The van der Waals surface area contributed by atoms with Crippen LogP contribution >= 0.6 is 0 Å². The van der Waals surface area contributed by atoms with E-state index in [0.29, 0.717) is 5.75 Å². The Balaban J connectivity index is 2.13. The van der Waals surface area contributed by atoms with Gasteiger partial charge in [0.25, 0.3) is 0 Å². The highest BCUT2D eigenvalue weighted by molar-refractivity contribution is 5.43. The quantitative estimate of drug-likeness (QED) is 0.403. The van der Waals surface area contributed by atoms with E-state index in [1.54, 1.807) is 0 Å². The van der Waals surface area contributed by atoms with Gasteiger partial charge in [0.05, 0.1) is 13.2 Å². The van der Waals surface area contributed by atoms with E-state index in [4.69, 9.17) is 14.6 Å². The predicted octanol–water partition coefficient (Wildman–Crippen LogP) is 5.03. The Morgan fingerprint density at radius 2 is 1.38 bits per heavy atom. The molecule has 1 aromatic carbocycles. The molecular weight excluding hydrogens is 328 g/mol. The number of benzene rings is 1. The Labute approximate surface area is 159 Å². The monoisotopic (exact) mass is 366 g/mol. The van der Waals surface area contributed by atoms with Crippen LogP contribution in [0, 0.1) is 6.92 Å². The molecule has 150 valence electrons. The number of hydrogen-bond acceptors (Lipinski definition) is 4. The summed E-state index contributed by atoms with van der Waals surface area (Å²) in [5, 5.41) is 18.2. The van der Waals surface area contributed by atoms with Crippen molar-refractivity contribution < 1.29 is 19.7 Å². The van der Waals surface area contributed by atoms with Gasteiger partial charge in [-0.3, -0.25) is 0 Å². The molecule has 1 rings (SSSR count). The summed E-state index contributed by atoms with van der Waals surface area (Å²) in [7, 11) is 0. The summed E-state index contributed by atoms with van der Waals surface area (Å²) in [6, 6.07) is 5.69. The number of unbranched alkanes of at least 4 members (excludes halogenated alkanes) is 9. The average Bonchev–Trinajstić information content (AvgIpc) is 2.66. The summed E-state index contributed by atoms with van der Waals surface area (Å²) < 4.78 is 11.4. The molecule has 26 heavy (non-hydrogen) atoms. The van der Waals surface area contributed by atoms with Gasteiger partial charge in [0, 0.05) is 5.56 Å². The lowest BCUT2D eigenvalue weighted by Crippen LogP contribution is -2.21. The van der Waals surface area contributed by atoms with Crippen LogP contribution in [0.1, 0.15) is 76.7 Å². The first-order chi connectivity index (χ1) is 12.7. The molecule has 0 aromatic heterocycles. The second kappa shape index (κ2) is 14.9. The van der Waals surface area contributed by atoms with Gasteiger partial charge >= 0.3 is 0 Å². The van der Waals surface area contributed by atoms with Crippen LogP contribution in [0.15, 0.2) is 18.2 Å². The highest BCUT2D eigenvalue weighted by Gasteiger charge is 2.08. The fourth-order valence-electron chi connectivity index (χ4n) is 2.92. The summed E-state index contributed by atoms with van der Waals surface area (Å²) in [6.45, 7) is 4.72. The summed E-state index contributed by atoms with van der Waals surface area (Å²) in [5.74, 6) is 1.52. The normalized spacial score (nSPS) is 12.2. The highest BCUT2D eigenvalue weighted by atomic mass is 16.5. The first-order valence-corrected chi connectivity index (χ1v) is 10.3. The van der Waals surface area contributed by atoms with Crippen LogP contribution in [0.3, 0.4) is 0 Å². The van der Waals surface area contributed by atoms with Crippen molar-refractivity contribution in [3.8, 4) is 11.5 Å². The average molecular weight is 367 g/mol. The van der Waals surface area contributed by atoms with E-state index in [-0.39, 0.29) is 13.2 Å². The number of aliphatic hydroxyl groups is 2. The number of hydrogen-bond donors (Lipinski definition) is 2. The minimum Gasteiger partial charge on any atom is -0.493 e. The van der Waals surface area contributed by atoms with Gasteiger partial charge in [0.15, 0.2) is 0 Å². The zero-order chi connectivity index (χ0) is 19.0. The van der Waals surface area contributed by atoms with Crippen molar-refractivity contribution in [2.75, 3.05) is 19.8 Å². The second-order valence-corrected chi connectivity index (χ2v) is 7.06. The Kier molecular flexibility index (Phi) is 13.0. The molecule has 0 fully saturated rings. The van der Waals surface area contributed by atoms with Crippen molar-refractivity contribution in [1.29, 1.82) is 0 Å². The second-order valence-electron chi connectivity index (χ2n) is 7.06. The van der Waals surface area contributed by atoms with Gasteiger partial charge in [-0.1, -0.05) is 70.8 Å². The molecule has 1 aromatic rings. The summed E-state index contributed by atoms with van der Waals surface area (Å²) in [5.41, 5.74) is 0.935. The van der Waals surface area contributed by atoms with Gasteiger partial charge in [-0.2, -0.15) is 0 Å². The zero-order valence-electron chi connectivity index (χ0n) is 16.7. The van der Waals surface area contributed by atoms with E-state index in [9.17, 15) is 5.11 Å². The standard InChI is InChI=1S/C22H38O4/c1-3-4-5-6-7-8-9-10-11-12-16-25-21-14-13-15-22(19(21)2)26-18-20(24)17-23/h13-15,20,23-24H,3-12,16-18H2,1-2H3. The molecule has 0 aliphatic rings. The van der Waals surface area contributed by atoms with Gasteiger partial charge in [-0.25, -0.2) is 0 Å². The fourth-order valence-corrected chi connectivity index (χ4v) is 2.92. The molecule has 4 heteroatoms. The zero-order valence-corrected chi connectivity index (χ0v) is 16.7. The van der Waals surface area contributed by atoms with Crippen molar-refractivity contribution in [1.82, 2.24) is 0 Å². The lowest BCUT2D eigenvalue weighted by atomic mass is 10.1. The van der Waals surface area contributed by atoms with Crippen LogP contribution in [0.4, 0.5) is 0 Å². The molecule has 0 spiro atoms. The summed E-state index contributed by atoms with van der Waals surface area (Å²) in [6.07, 6.45) is 12.3.